The molecule has 3 aliphatic carbocycles. The summed E-state index contributed by atoms with van der Waals surface area (Å²) in [6.45, 7) is 8.42. The third-order valence-electron chi connectivity index (χ3n) is 9.84. The van der Waals surface area contributed by atoms with E-state index in [2.05, 4.69) is 6.08 Å². The van der Waals surface area contributed by atoms with Gasteiger partial charge in [0, 0.05) is 23.1 Å². The minimum Gasteiger partial charge on any atom is -0.450 e. The maximum Gasteiger partial charge on any atom is 0.416 e. The number of rotatable bonds is 7. The van der Waals surface area contributed by atoms with E-state index in [4.69, 9.17) is 4.74 Å². The van der Waals surface area contributed by atoms with Gasteiger partial charge in [-0.25, -0.2) is 4.79 Å². The molecule has 2 aromatic carbocycles. The van der Waals surface area contributed by atoms with Crippen LogP contribution in [0.25, 0.3) is 0 Å². The van der Waals surface area contributed by atoms with Gasteiger partial charge in [-0.2, -0.15) is 13.2 Å². The average Bonchev–Trinajstić information content (AvgIpc) is 3.24. The van der Waals surface area contributed by atoms with Crippen LogP contribution in [0.2, 0.25) is 0 Å². The molecule has 9 heteroatoms. The molecule has 1 saturated carbocycles. The summed E-state index contributed by atoms with van der Waals surface area (Å²) in [5.74, 6) is -0.860. The van der Waals surface area contributed by atoms with Gasteiger partial charge in [-0.3, -0.25) is 4.79 Å². The maximum atomic E-state index is 14.1. The van der Waals surface area contributed by atoms with Crippen LogP contribution in [-0.4, -0.2) is 58.4 Å². The summed E-state index contributed by atoms with van der Waals surface area (Å²) in [5.41, 5.74) is -0.298. The fourth-order valence-electron chi connectivity index (χ4n) is 7.22. The van der Waals surface area contributed by atoms with Crippen LogP contribution in [0, 0.1) is 5.41 Å². The zero-order chi connectivity index (χ0) is 33.0. The van der Waals surface area contributed by atoms with Crippen molar-refractivity contribution in [2.45, 2.75) is 103 Å². The van der Waals surface area contributed by atoms with E-state index in [1.54, 1.807) is 17.9 Å². The Labute approximate surface area is 264 Å². The Kier molecular flexibility index (Phi) is 10.9. The second-order valence-corrected chi connectivity index (χ2v) is 13.0. The third kappa shape index (κ3) is 7.63. The van der Waals surface area contributed by atoms with Crippen molar-refractivity contribution >= 4 is 11.9 Å². The van der Waals surface area contributed by atoms with E-state index in [1.165, 1.54) is 12.1 Å². The number of carbonyl (C=O) groups is 2. The Morgan fingerprint density at radius 1 is 1.09 bits per heavy atom. The fourth-order valence-corrected chi connectivity index (χ4v) is 7.22. The lowest BCUT2D eigenvalue weighted by Gasteiger charge is -2.46. The zero-order valence-electron chi connectivity index (χ0n) is 26.8. The highest BCUT2D eigenvalue weighted by Gasteiger charge is 2.57. The number of ether oxygens (including phenoxy) is 1. The second-order valence-electron chi connectivity index (χ2n) is 13.0. The first-order valence-corrected chi connectivity index (χ1v) is 16.0. The Balaban J connectivity index is 1.85. The summed E-state index contributed by atoms with van der Waals surface area (Å²) >= 11 is 0. The van der Waals surface area contributed by atoms with Gasteiger partial charge in [-0.1, -0.05) is 49.8 Å². The highest BCUT2D eigenvalue weighted by atomic mass is 19.4. The molecule has 0 aromatic heterocycles. The Bertz CT molecular complexity index is 1410. The SMILES string of the molecule is CCCN(C[C@]1(O)CC[C@H]2c3ccc(cc3C(=O)c3cccc(C(F)(F)F)c3)C[C@@H](O)CCC(C)=CCC[C@@]21C)C(=O)OCC. The number of benzene rings is 2. The first-order valence-electron chi connectivity index (χ1n) is 16.0. The van der Waals surface area contributed by atoms with Crippen molar-refractivity contribution in [2.24, 2.45) is 5.41 Å². The molecular weight excluding hydrogens is 583 g/mol. The third-order valence-corrected chi connectivity index (χ3v) is 9.84. The molecule has 0 saturated heterocycles. The minimum atomic E-state index is -4.60. The van der Waals surface area contributed by atoms with Crippen LogP contribution in [0.3, 0.4) is 0 Å². The summed E-state index contributed by atoms with van der Waals surface area (Å²) in [5, 5.41) is 23.3. The number of halogens is 3. The van der Waals surface area contributed by atoms with Crippen molar-refractivity contribution in [3.05, 3.63) is 81.9 Å². The number of amides is 1. The monoisotopic (exact) mass is 629 g/mol. The van der Waals surface area contributed by atoms with Crippen LogP contribution in [0.5, 0.6) is 0 Å². The molecule has 0 heterocycles. The molecule has 1 fully saturated rings. The predicted molar refractivity (Wildman–Crippen MR) is 167 cm³/mol. The lowest BCUT2D eigenvalue weighted by atomic mass is 9.64. The molecule has 2 N–H and O–H groups in total. The molecule has 6 nitrogen and oxygen atoms in total. The number of aliphatic hydroxyl groups is 2. The van der Waals surface area contributed by atoms with E-state index in [0.717, 1.165) is 17.7 Å². The lowest BCUT2D eigenvalue weighted by molar-refractivity contribution is -0.137. The number of hydrogen-bond acceptors (Lipinski definition) is 5. The predicted octanol–water partition coefficient (Wildman–Crippen LogP) is 7.84. The molecule has 5 rings (SSSR count). The lowest BCUT2D eigenvalue weighted by Crippen LogP contribution is -2.54. The van der Waals surface area contributed by atoms with Crippen molar-refractivity contribution in [3.63, 3.8) is 0 Å². The number of aliphatic hydroxyl groups excluding tert-OH is 1. The largest absolute Gasteiger partial charge is 0.450 e. The normalized spacial score (nSPS) is 25.7. The van der Waals surface area contributed by atoms with Gasteiger partial charge in [0.05, 0.1) is 30.4 Å². The highest BCUT2D eigenvalue weighted by molar-refractivity contribution is 6.10. The molecule has 0 spiro atoms. The van der Waals surface area contributed by atoms with Crippen LogP contribution in [0.1, 0.15) is 111 Å². The average molecular weight is 630 g/mol. The summed E-state index contributed by atoms with van der Waals surface area (Å²) in [6.07, 6.45) is 0.663. The number of allylic oxidation sites excluding steroid dienone is 2. The van der Waals surface area contributed by atoms with Gasteiger partial charge < -0.3 is 19.8 Å². The number of nitrogens with zero attached hydrogens (tertiary/aromatic N) is 1. The molecule has 3 aliphatic rings. The van der Waals surface area contributed by atoms with E-state index in [1.807, 2.05) is 32.9 Å². The smallest absolute Gasteiger partial charge is 0.416 e. The fraction of sp³-hybridized carbons (Fsp3) is 0.556. The summed E-state index contributed by atoms with van der Waals surface area (Å²) in [4.78, 5) is 28.6. The molecule has 0 unspecified atom stereocenters. The van der Waals surface area contributed by atoms with Crippen LogP contribution >= 0.6 is 0 Å². The Morgan fingerprint density at radius 3 is 2.53 bits per heavy atom. The van der Waals surface area contributed by atoms with Gasteiger partial charge in [0.15, 0.2) is 5.78 Å². The van der Waals surface area contributed by atoms with Crippen LogP contribution in [0.15, 0.2) is 54.1 Å². The minimum absolute atomic E-state index is 0.0660. The van der Waals surface area contributed by atoms with E-state index in [-0.39, 0.29) is 30.2 Å². The van der Waals surface area contributed by atoms with E-state index in [0.29, 0.717) is 69.0 Å². The molecule has 1 amide bonds. The van der Waals surface area contributed by atoms with Gasteiger partial charge >= 0.3 is 12.3 Å². The number of hydrogen-bond donors (Lipinski definition) is 2. The summed E-state index contributed by atoms with van der Waals surface area (Å²) in [7, 11) is 0. The molecule has 2 bridgehead atoms. The quantitative estimate of drug-likeness (QED) is 0.241. The topological polar surface area (TPSA) is 87.1 Å². The molecule has 4 atom stereocenters. The summed E-state index contributed by atoms with van der Waals surface area (Å²) < 4.78 is 46.1. The van der Waals surface area contributed by atoms with E-state index < -0.39 is 40.7 Å². The molecule has 2 aromatic rings. The van der Waals surface area contributed by atoms with E-state index >= 15 is 0 Å². The van der Waals surface area contributed by atoms with Crippen LogP contribution in [-0.2, 0) is 17.3 Å². The molecule has 246 valence electrons. The van der Waals surface area contributed by atoms with Gasteiger partial charge in [-0.05, 0) is 100 Å². The van der Waals surface area contributed by atoms with Crippen molar-refractivity contribution in [1.29, 1.82) is 0 Å². The Hall–Kier alpha value is -3.17. The summed E-state index contributed by atoms with van der Waals surface area (Å²) in [6, 6.07) is 9.87. The molecule has 0 radical (unpaired) electrons. The highest BCUT2D eigenvalue weighted by Crippen LogP contribution is 2.59. The number of carbonyl (C=O) groups excluding carboxylic acids is 2. The zero-order valence-corrected chi connectivity index (χ0v) is 26.8. The first kappa shape index (κ1) is 34.7. The van der Waals surface area contributed by atoms with Crippen molar-refractivity contribution < 1.29 is 37.7 Å². The number of ketones is 1. The molecule has 45 heavy (non-hydrogen) atoms. The Morgan fingerprint density at radius 2 is 1.84 bits per heavy atom. The van der Waals surface area contributed by atoms with Crippen molar-refractivity contribution in [3.8, 4) is 0 Å². The van der Waals surface area contributed by atoms with E-state index in [9.17, 15) is 33.0 Å². The van der Waals surface area contributed by atoms with Gasteiger partial charge in [0.1, 0.15) is 0 Å². The van der Waals surface area contributed by atoms with Crippen molar-refractivity contribution in [2.75, 3.05) is 19.7 Å². The van der Waals surface area contributed by atoms with Gasteiger partial charge in [-0.15, -0.1) is 0 Å². The second kappa shape index (κ2) is 14.1. The molecule has 0 aliphatic heterocycles. The standard InChI is InChI=1S/C36H46F3NO5/c1-5-19-40(33(43)45-6-2)23-35(44)18-16-31-29-15-13-25(20-28(41)14-12-24(3)9-8-17-34(31,35)4)21-30(29)32(42)26-10-7-11-27(22-26)36(37,38)39/h7,9-11,13,15,21-22,28,31,41,44H,5-6,8,12,14,16-20,23H2,1-4H3/t28-,31-,34-,35+/m0/s1. The molecular formula is C36H46F3NO5. The van der Waals surface area contributed by atoms with Crippen molar-refractivity contribution in [1.82, 2.24) is 4.90 Å². The van der Waals surface area contributed by atoms with Crippen LogP contribution in [0.4, 0.5) is 18.0 Å². The first-order chi connectivity index (χ1) is 21.2. The van der Waals surface area contributed by atoms with Crippen LogP contribution < -0.4 is 0 Å². The van der Waals surface area contributed by atoms with Gasteiger partial charge in [0.25, 0.3) is 0 Å². The maximum absolute atomic E-state index is 14.1. The number of alkyl halides is 3. The number of fused-ring (bicyclic) bond motifs is 8. The van der Waals surface area contributed by atoms with Gasteiger partial charge in [0.2, 0.25) is 0 Å².